The van der Waals surface area contributed by atoms with Crippen molar-refractivity contribution in [3.63, 3.8) is 0 Å². The Morgan fingerprint density at radius 1 is 1.08 bits per heavy atom. The van der Waals surface area contributed by atoms with E-state index in [4.69, 9.17) is 9.47 Å². The summed E-state index contributed by atoms with van der Waals surface area (Å²) in [5.41, 5.74) is 1.51. The summed E-state index contributed by atoms with van der Waals surface area (Å²) in [4.78, 5) is 12.0. The van der Waals surface area contributed by atoms with E-state index in [9.17, 15) is 10.1 Å². The molecular weight excluding hydrogens is 314 g/mol. The van der Waals surface area contributed by atoms with Crippen LogP contribution in [0.15, 0.2) is 48.5 Å². The van der Waals surface area contributed by atoms with Gasteiger partial charge in [-0.15, -0.1) is 0 Å². The molecule has 4 nitrogen and oxygen atoms in total. The molecule has 2 aromatic rings. The lowest BCUT2D eigenvalue weighted by Crippen LogP contribution is -2.25. The highest BCUT2D eigenvalue weighted by Crippen LogP contribution is 2.24. The smallest absolute Gasteiger partial charge is 0.316 e. The van der Waals surface area contributed by atoms with E-state index in [-0.39, 0.29) is 5.97 Å². The minimum absolute atomic E-state index is 0.302. The van der Waals surface area contributed by atoms with Gasteiger partial charge in [0.05, 0.1) is 24.2 Å². The molecule has 0 aromatic heterocycles. The number of hydrogen-bond donors (Lipinski definition) is 0. The maximum absolute atomic E-state index is 12.0. The van der Waals surface area contributed by atoms with E-state index in [0.717, 1.165) is 16.9 Å². The minimum Gasteiger partial charge on any atom is -0.497 e. The first kappa shape index (κ1) is 18.3. The predicted octanol–water partition coefficient (Wildman–Crippen LogP) is 4.71. The molecule has 0 aliphatic rings. The third kappa shape index (κ3) is 4.95. The molecule has 25 heavy (non-hydrogen) atoms. The van der Waals surface area contributed by atoms with Crippen molar-refractivity contribution in [1.29, 1.82) is 5.26 Å². The fourth-order valence-corrected chi connectivity index (χ4v) is 2.05. The van der Waals surface area contributed by atoms with E-state index in [0.29, 0.717) is 11.3 Å². The summed E-state index contributed by atoms with van der Waals surface area (Å²) in [5.74, 6) is 0.891. The number of rotatable bonds is 4. The number of nitriles is 1. The molecule has 2 rings (SSSR count). The molecule has 0 aliphatic carbocycles. The van der Waals surface area contributed by atoms with Crippen LogP contribution in [0.2, 0.25) is 0 Å². The number of allylic oxidation sites excluding steroid dienone is 1. The van der Waals surface area contributed by atoms with Crippen molar-refractivity contribution in [1.82, 2.24) is 0 Å². The van der Waals surface area contributed by atoms with E-state index in [1.165, 1.54) is 0 Å². The van der Waals surface area contributed by atoms with Crippen molar-refractivity contribution in [2.24, 2.45) is 5.41 Å². The number of hydrogen-bond acceptors (Lipinski definition) is 4. The quantitative estimate of drug-likeness (QED) is 0.351. The Labute approximate surface area is 148 Å². The van der Waals surface area contributed by atoms with Crippen LogP contribution >= 0.6 is 0 Å². The number of benzene rings is 2. The summed E-state index contributed by atoms with van der Waals surface area (Å²) in [6, 6.07) is 16.6. The zero-order chi connectivity index (χ0) is 18.4. The molecule has 0 fully saturated rings. The van der Waals surface area contributed by atoms with Crippen LogP contribution < -0.4 is 9.47 Å². The van der Waals surface area contributed by atoms with Gasteiger partial charge in [-0.2, -0.15) is 5.26 Å². The van der Waals surface area contributed by atoms with Gasteiger partial charge in [0.25, 0.3) is 0 Å². The van der Waals surface area contributed by atoms with Crippen LogP contribution in [-0.2, 0) is 4.79 Å². The highest BCUT2D eigenvalue weighted by atomic mass is 16.5. The molecule has 0 atom stereocenters. The van der Waals surface area contributed by atoms with Crippen LogP contribution in [0.1, 0.15) is 31.9 Å². The third-order valence-electron chi connectivity index (χ3n) is 3.51. The van der Waals surface area contributed by atoms with Gasteiger partial charge in [0.15, 0.2) is 0 Å². The highest BCUT2D eigenvalue weighted by molar-refractivity contribution is 5.90. The lowest BCUT2D eigenvalue weighted by molar-refractivity contribution is -0.142. The maximum Gasteiger partial charge on any atom is 0.316 e. The third-order valence-corrected chi connectivity index (χ3v) is 3.51. The molecule has 0 bridgehead atoms. The second-order valence-electron chi connectivity index (χ2n) is 6.61. The predicted molar refractivity (Wildman–Crippen MR) is 98.0 cm³/mol. The van der Waals surface area contributed by atoms with Crippen LogP contribution in [-0.4, -0.2) is 13.1 Å². The Morgan fingerprint density at radius 2 is 1.76 bits per heavy atom. The first-order valence-electron chi connectivity index (χ1n) is 7.92. The first-order valence-corrected chi connectivity index (χ1v) is 7.92. The van der Waals surface area contributed by atoms with Crippen LogP contribution in [0.5, 0.6) is 11.5 Å². The normalized spacial score (nSPS) is 11.6. The Bertz CT molecular complexity index is 821. The van der Waals surface area contributed by atoms with Gasteiger partial charge >= 0.3 is 5.97 Å². The second kappa shape index (κ2) is 7.67. The molecule has 0 saturated heterocycles. The standard InChI is InChI=1S/C21H21NO3/c1-21(2,3)20(23)25-19-7-5-6-15(13-19)12-17(14-22)16-8-10-18(24-4)11-9-16/h5-13H,1-4H3/b17-12-. The molecule has 0 radical (unpaired) electrons. The Balaban J connectivity index is 2.27. The summed E-state index contributed by atoms with van der Waals surface area (Å²) in [5, 5.41) is 9.45. The molecule has 2 aromatic carbocycles. The zero-order valence-electron chi connectivity index (χ0n) is 14.9. The van der Waals surface area contributed by atoms with Gasteiger partial charge in [-0.25, -0.2) is 0 Å². The van der Waals surface area contributed by atoms with Crippen LogP contribution in [0.25, 0.3) is 11.6 Å². The van der Waals surface area contributed by atoms with Crippen molar-refractivity contribution in [3.8, 4) is 17.6 Å². The Morgan fingerprint density at radius 3 is 2.32 bits per heavy atom. The van der Waals surface area contributed by atoms with Crippen molar-refractivity contribution in [3.05, 3.63) is 59.7 Å². The highest BCUT2D eigenvalue weighted by Gasteiger charge is 2.23. The van der Waals surface area contributed by atoms with E-state index in [2.05, 4.69) is 6.07 Å². The van der Waals surface area contributed by atoms with Gasteiger partial charge in [-0.1, -0.05) is 12.1 Å². The number of carbonyl (C=O) groups is 1. The van der Waals surface area contributed by atoms with Gasteiger partial charge in [0, 0.05) is 0 Å². The first-order chi connectivity index (χ1) is 11.8. The number of nitrogens with zero attached hydrogens (tertiary/aromatic N) is 1. The Hall–Kier alpha value is -3.06. The SMILES string of the molecule is COc1ccc(/C(C#N)=C\c2cccc(OC(=O)C(C)(C)C)c2)cc1. The zero-order valence-corrected chi connectivity index (χ0v) is 14.9. The summed E-state index contributed by atoms with van der Waals surface area (Å²) < 4.78 is 10.5. The lowest BCUT2D eigenvalue weighted by Gasteiger charge is -2.16. The lowest BCUT2D eigenvalue weighted by atomic mass is 9.97. The molecule has 0 amide bonds. The topological polar surface area (TPSA) is 59.3 Å². The number of methoxy groups -OCH3 is 1. The van der Waals surface area contributed by atoms with E-state index < -0.39 is 5.41 Å². The number of ether oxygens (including phenoxy) is 2. The van der Waals surface area contributed by atoms with Crippen molar-refractivity contribution >= 4 is 17.6 Å². The fourth-order valence-electron chi connectivity index (χ4n) is 2.05. The van der Waals surface area contributed by atoms with Crippen LogP contribution in [0.4, 0.5) is 0 Å². The average Bonchev–Trinajstić information content (AvgIpc) is 2.59. The van der Waals surface area contributed by atoms with Crippen molar-refractivity contribution in [2.75, 3.05) is 7.11 Å². The van der Waals surface area contributed by atoms with E-state index >= 15 is 0 Å². The van der Waals surface area contributed by atoms with Crippen molar-refractivity contribution < 1.29 is 14.3 Å². The van der Waals surface area contributed by atoms with Gasteiger partial charge < -0.3 is 9.47 Å². The fraction of sp³-hybridized carbons (Fsp3) is 0.238. The summed E-state index contributed by atoms with van der Waals surface area (Å²) in [6.45, 7) is 5.41. The summed E-state index contributed by atoms with van der Waals surface area (Å²) in [6.07, 6.45) is 1.76. The largest absolute Gasteiger partial charge is 0.497 e. The minimum atomic E-state index is -0.577. The van der Waals surface area contributed by atoms with E-state index in [1.807, 2.05) is 30.3 Å². The molecule has 128 valence electrons. The molecule has 0 saturated carbocycles. The van der Waals surface area contributed by atoms with Gasteiger partial charge in [-0.05, 0) is 74.4 Å². The van der Waals surface area contributed by atoms with Gasteiger partial charge in [0.1, 0.15) is 11.5 Å². The van der Waals surface area contributed by atoms with Crippen molar-refractivity contribution in [2.45, 2.75) is 20.8 Å². The molecule has 4 heteroatoms. The van der Waals surface area contributed by atoms with Crippen LogP contribution in [0, 0.1) is 16.7 Å². The van der Waals surface area contributed by atoms with Crippen LogP contribution in [0.3, 0.4) is 0 Å². The molecule has 0 heterocycles. The molecule has 0 spiro atoms. The molecule has 0 unspecified atom stereocenters. The van der Waals surface area contributed by atoms with Gasteiger partial charge in [0.2, 0.25) is 0 Å². The number of esters is 1. The molecular formula is C21H21NO3. The van der Waals surface area contributed by atoms with Gasteiger partial charge in [-0.3, -0.25) is 4.79 Å². The maximum atomic E-state index is 12.0. The summed E-state index contributed by atoms with van der Waals surface area (Å²) in [7, 11) is 1.60. The monoisotopic (exact) mass is 335 g/mol. The molecule has 0 N–H and O–H groups in total. The number of carbonyl (C=O) groups excluding carboxylic acids is 1. The average molecular weight is 335 g/mol. The Kier molecular flexibility index (Phi) is 5.61. The van der Waals surface area contributed by atoms with E-state index in [1.54, 1.807) is 52.2 Å². The summed E-state index contributed by atoms with van der Waals surface area (Å²) >= 11 is 0. The second-order valence-corrected chi connectivity index (χ2v) is 6.61. The molecule has 0 aliphatic heterocycles.